The first kappa shape index (κ1) is 9.54. The van der Waals surface area contributed by atoms with Gasteiger partial charge in [0.2, 0.25) is 0 Å². The smallest absolute Gasteiger partial charge is 0.123 e. The number of hydrogen-bond acceptors (Lipinski definition) is 1. The molecule has 0 amide bonds. The summed E-state index contributed by atoms with van der Waals surface area (Å²) in [7, 11) is 0. The molecule has 1 unspecified atom stereocenters. The van der Waals surface area contributed by atoms with Crippen molar-refractivity contribution in [2.75, 3.05) is 0 Å². The minimum Gasteiger partial charge on any atom is -0.303 e. The zero-order chi connectivity index (χ0) is 9.68. The van der Waals surface area contributed by atoms with Gasteiger partial charge in [0, 0.05) is 11.5 Å². The highest BCUT2D eigenvalue weighted by molar-refractivity contribution is 5.54. The van der Waals surface area contributed by atoms with Gasteiger partial charge in [0.15, 0.2) is 0 Å². The molecule has 0 radical (unpaired) electrons. The third kappa shape index (κ3) is 2.45. The summed E-state index contributed by atoms with van der Waals surface area (Å²) in [5, 5.41) is 0. The average Bonchev–Trinajstić information content (AvgIpc) is 2.18. The number of carbonyl (C=O) groups is 1. The van der Waals surface area contributed by atoms with Crippen molar-refractivity contribution in [2.24, 2.45) is 5.92 Å². The van der Waals surface area contributed by atoms with Gasteiger partial charge in [-0.2, -0.15) is 0 Å². The fraction of sp³-hybridized carbons (Fsp3) is 0.250. The van der Waals surface area contributed by atoms with E-state index in [1.54, 1.807) is 0 Å². The Kier molecular flexibility index (Phi) is 3.28. The largest absolute Gasteiger partial charge is 0.303 e. The lowest BCUT2D eigenvalue weighted by molar-refractivity contribution is -0.110. The minimum atomic E-state index is 0.0366. The van der Waals surface area contributed by atoms with Crippen LogP contribution in [0.3, 0.4) is 0 Å². The Morgan fingerprint density at radius 1 is 1.54 bits per heavy atom. The summed E-state index contributed by atoms with van der Waals surface area (Å²) in [4.78, 5) is 10.5. The van der Waals surface area contributed by atoms with Crippen molar-refractivity contribution in [1.29, 1.82) is 0 Å². The second-order valence-corrected chi connectivity index (χ2v) is 3.12. The van der Waals surface area contributed by atoms with Gasteiger partial charge in [-0.3, -0.25) is 0 Å². The van der Waals surface area contributed by atoms with Gasteiger partial charge < -0.3 is 4.79 Å². The molecule has 1 heteroatoms. The van der Waals surface area contributed by atoms with Crippen molar-refractivity contribution < 1.29 is 4.79 Å². The average molecular weight is 172 g/mol. The highest BCUT2D eigenvalue weighted by Crippen LogP contribution is 2.11. The van der Waals surface area contributed by atoms with Crippen LogP contribution in [0, 0.1) is 18.3 Å². The Hall–Kier alpha value is -1.55. The molecule has 0 aliphatic heterocycles. The van der Waals surface area contributed by atoms with Gasteiger partial charge >= 0.3 is 0 Å². The number of rotatable bonds is 3. The maximum atomic E-state index is 10.5. The molecule has 66 valence electrons. The molecule has 0 saturated heterocycles. The second kappa shape index (κ2) is 4.47. The summed E-state index contributed by atoms with van der Waals surface area (Å²) in [6.07, 6.45) is 7.01. The van der Waals surface area contributed by atoms with Crippen LogP contribution in [0.15, 0.2) is 24.3 Å². The summed E-state index contributed by atoms with van der Waals surface area (Å²) < 4.78 is 0. The van der Waals surface area contributed by atoms with Crippen LogP contribution in [-0.4, -0.2) is 6.29 Å². The van der Waals surface area contributed by atoms with Gasteiger partial charge in [-0.1, -0.05) is 31.0 Å². The van der Waals surface area contributed by atoms with Crippen LogP contribution in [-0.2, 0) is 11.2 Å². The van der Waals surface area contributed by atoms with Crippen LogP contribution in [0.4, 0.5) is 0 Å². The number of hydrogen-bond donors (Lipinski definition) is 0. The van der Waals surface area contributed by atoms with E-state index in [0.717, 1.165) is 23.8 Å². The lowest BCUT2D eigenvalue weighted by Gasteiger charge is -2.05. The lowest BCUT2D eigenvalue weighted by atomic mass is 9.98. The fourth-order valence-corrected chi connectivity index (χ4v) is 1.23. The molecule has 0 aliphatic rings. The molecule has 0 aliphatic carbocycles. The van der Waals surface area contributed by atoms with Crippen molar-refractivity contribution in [1.82, 2.24) is 0 Å². The topological polar surface area (TPSA) is 17.1 Å². The molecule has 1 aromatic carbocycles. The molecule has 0 bridgehead atoms. The quantitative estimate of drug-likeness (QED) is 0.503. The Morgan fingerprint density at radius 2 is 2.23 bits per heavy atom. The van der Waals surface area contributed by atoms with Crippen LogP contribution in [0.25, 0.3) is 0 Å². The number of benzene rings is 1. The van der Waals surface area contributed by atoms with E-state index < -0.39 is 0 Å². The fourth-order valence-electron chi connectivity index (χ4n) is 1.23. The monoisotopic (exact) mass is 172 g/mol. The van der Waals surface area contributed by atoms with E-state index in [9.17, 15) is 4.79 Å². The van der Waals surface area contributed by atoms with Crippen LogP contribution in [0.2, 0.25) is 0 Å². The molecule has 1 atom stereocenters. The molecule has 1 rings (SSSR count). The molecule has 0 N–H and O–H groups in total. The lowest BCUT2D eigenvalue weighted by Crippen LogP contribution is -2.02. The van der Waals surface area contributed by atoms with Gasteiger partial charge in [-0.25, -0.2) is 0 Å². The molecule has 0 fully saturated rings. The molecule has 0 saturated carbocycles. The van der Waals surface area contributed by atoms with Crippen LogP contribution >= 0.6 is 0 Å². The van der Waals surface area contributed by atoms with Gasteiger partial charge in [-0.15, -0.1) is 6.42 Å². The zero-order valence-electron chi connectivity index (χ0n) is 7.66. The Balaban J connectivity index is 2.88. The Bertz CT molecular complexity index is 333. The first-order valence-corrected chi connectivity index (χ1v) is 4.27. The van der Waals surface area contributed by atoms with Crippen molar-refractivity contribution in [3.8, 4) is 12.3 Å². The standard InChI is InChI=1S/C12H12O/c1-3-11-6-4-5-7-12(11)8-10(2)9-13/h1,4-7,9-10H,8H2,2H3. The van der Waals surface area contributed by atoms with Gasteiger partial charge in [-0.05, 0) is 18.1 Å². The highest BCUT2D eigenvalue weighted by atomic mass is 16.1. The molecule has 0 aromatic heterocycles. The molecule has 0 spiro atoms. The first-order valence-electron chi connectivity index (χ1n) is 4.27. The molecule has 1 aromatic rings. The molecular weight excluding hydrogens is 160 g/mol. The molecule has 0 heterocycles. The van der Waals surface area contributed by atoms with E-state index in [1.165, 1.54) is 0 Å². The van der Waals surface area contributed by atoms with Crippen molar-refractivity contribution in [2.45, 2.75) is 13.3 Å². The summed E-state index contributed by atoms with van der Waals surface area (Å²) in [6.45, 7) is 1.89. The van der Waals surface area contributed by atoms with Crippen LogP contribution in [0.5, 0.6) is 0 Å². The van der Waals surface area contributed by atoms with Crippen molar-refractivity contribution in [3.63, 3.8) is 0 Å². The Labute approximate surface area is 78.8 Å². The van der Waals surface area contributed by atoms with E-state index >= 15 is 0 Å². The maximum absolute atomic E-state index is 10.5. The third-order valence-corrected chi connectivity index (χ3v) is 1.95. The minimum absolute atomic E-state index is 0.0366. The number of terminal acetylenes is 1. The maximum Gasteiger partial charge on any atom is 0.123 e. The zero-order valence-corrected chi connectivity index (χ0v) is 7.66. The predicted octanol–water partition coefficient (Wildman–Crippen LogP) is 2.05. The first-order chi connectivity index (χ1) is 6.27. The van der Waals surface area contributed by atoms with E-state index in [-0.39, 0.29) is 5.92 Å². The summed E-state index contributed by atoms with van der Waals surface area (Å²) in [6, 6.07) is 7.71. The van der Waals surface area contributed by atoms with Crippen LogP contribution < -0.4 is 0 Å². The Morgan fingerprint density at radius 3 is 2.85 bits per heavy atom. The van der Waals surface area contributed by atoms with E-state index in [4.69, 9.17) is 6.42 Å². The SMILES string of the molecule is C#Cc1ccccc1CC(C)C=O. The van der Waals surface area contributed by atoms with Gasteiger partial charge in [0.25, 0.3) is 0 Å². The van der Waals surface area contributed by atoms with Crippen LogP contribution in [0.1, 0.15) is 18.1 Å². The third-order valence-electron chi connectivity index (χ3n) is 1.95. The second-order valence-electron chi connectivity index (χ2n) is 3.12. The van der Waals surface area contributed by atoms with Gasteiger partial charge in [0.1, 0.15) is 6.29 Å². The highest BCUT2D eigenvalue weighted by Gasteiger charge is 2.04. The summed E-state index contributed by atoms with van der Waals surface area (Å²) in [5.41, 5.74) is 1.96. The van der Waals surface area contributed by atoms with E-state index in [0.29, 0.717) is 0 Å². The predicted molar refractivity (Wildman–Crippen MR) is 53.3 cm³/mol. The van der Waals surface area contributed by atoms with Gasteiger partial charge in [0.05, 0.1) is 0 Å². The molecule has 13 heavy (non-hydrogen) atoms. The normalized spacial score (nSPS) is 11.7. The molecular formula is C12H12O. The molecule has 1 nitrogen and oxygen atoms in total. The summed E-state index contributed by atoms with van der Waals surface area (Å²) in [5.74, 6) is 2.65. The number of carbonyl (C=O) groups excluding carboxylic acids is 1. The van der Waals surface area contributed by atoms with Crippen molar-refractivity contribution in [3.05, 3.63) is 35.4 Å². The number of aldehydes is 1. The summed E-state index contributed by atoms with van der Waals surface area (Å²) >= 11 is 0. The van der Waals surface area contributed by atoms with E-state index in [1.807, 2.05) is 31.2 Å². The van der Waals surface area contributed by atoms with Crippen molar-refractivity contribution >= 4 is 6.29 Å². The van der Waals surface area contributed by atoms with E-state index in [2.05, 4.69) is 5.92 Å².